The predicted molar refractivity (Wildman–Crippen MR) is 97.7 cm³/mol. The number of nitriles is 1. The van der Waals surface area contributed by atoms with Crippen molar-refractivity contribution < 1.29 is 4.79 Å². The van der Waals surface area contributed by atoms with Gasteiger partial charge in [-0.05, 0) is 18.1 Å². The van der Waals surface area contributed by atoms with Gasteiger partial charge in [0.1, 0.15) is 11.9 Å². The second kappa shape index (κ2) is 7.62. The predicted octanol–water partition coefficient (Wildman–Crippen LogP) is 2.42. The standard InChI is InChI=1S/C18H21N5OS/c1-13(2)16-4-3-15(25-16)9-18(24)23-7-5-22(6-8-23)17-12-20-14(10-19)11-21-17/h3-4,11-13H,5-9H2,1-2H3. The first-order valence-corrected chi connectivity index (χ1v) is 9.22. The summed E-state index contributed by atoms with van der Waals surface area (Å²) in [5.74, 6) is 1.44. The van der Waals surface area contributed by atoms with Crippen molar-refractivity contribution in [3.63, 3.8) is 0 Å². The molecule has 130 valence electrons. The Bertz CT molecular complexity index is 770. The number of piperazine rings is 1. The minimum Gasteiger partial charge on any atom is -0.352 e. The summed E-state index contributed by atoms with van der Waals surface area (Å²) in [6, 6.07) is 6.16. The van der Waals surface area contributed by atoms with Gasteiger partial charge >= 0.3 is 0 Å². The normalized spacial score (nSPS) is 14.6. The van der Waals surface area contributed by atoms with E-state index in [1.807, 2.05) is 11.0 Å². The number of anilines is 1. The van der Waals surface area contributed by atoms with Gasteiger partial charge in [0.15, 0.2) is 5.69 Å². The maximum atomic E-state index is 12.5. The summed E-state index contributed by atoms with van der Waals surface area (Å²) in [4.78, 5) is 27.3. The van der Waals surface area contributed by atoms with Crippen LogP contribution in [0.25, 0.3) is 0 Å². The van der Waals surface area contributed by atoms with Crippen LogP contribution in [-0.2, 0) is 11.2 Å². The molecule has 0 N–H and O–H groups in total. The van der Waals surface area contributed by atoms with Gasteiger partial charge < -0.3 is 9.80 Å². The number of aromatic nitrogens is 2. The van der Waals surface area contributed by atoms with E-state index in [1.54, 1.807) is 17.5 Å². The number of rotatable bonds is 4. The van der Waals surface area contributed by atoms with Gasteiger partial charge in [0.25, 0.3) is 0 Å². The van der Waals surface area contributed by atoms with Crippen LogP contribution in [0.3, 0.4) is 0 Å². The quantitative estimate of drug-likeness (QED) is 0.842. The highest BCUT2D eigenvalue weighted by atomic mass is 32.1. The fourth-order valence-electron chi connectivity index (χ4n) is 2.79. The molecule has 0 atom stereocenters. The Labute approximate surface area is 151 Å². The van der Waals surface area contributed by atoms with E-state index in [1.165, 1.54) is 11.1 Å². The molecule has 7 heteroatoms. The molecule has 0 radical (unpaired) electrons. The van der Waals surface area contributed by atoms with Gasteiger partial charge in [0, 0.05) is 35.9 Å². The number of hydrogen-bond acceptors (Lipinski definition) is 6. The Kier molecular flexibility index (Phi) is 5.29. The molecule has 3 heterocycles. The van der Waals surface area contributed by atoms with Crippen LogP contribution < -0.4 is 4.90 Å². The lowest BCUT2D eigenvalue weighted by atomic mass is 10.2. The van der Waals surface area contributed by atoms with E-state index in [-0.39, 0.29) is 5.91 Å². The summed E-state index contributed by atoms with van der Waals surface area (Å²) in [5, 5.41) is 8.78. The summed E-state index contributed by atoms with van der Waals surface area (Å²) in [6.45, 7) is 7.17. The Hall–Kier alpha value is -2.46. The number of nitrogens with zero attached hydrogens (tertiary/aromatic N) is 5. The van der Waals surface area contributed by atoms with Gasteiger partial charge in [-0.15, -0.1) is 11.3 Å². The van der Waals surface area contributed by atoms with Crippen LogP contribution in [0.15, 0.2) is 24.5 Å². The topological polar surface area (TPSA) is 73.1 Å². The van der Waals surface area contributed by atoms with E-state index in [0.29, 0.717) is 31.1 Å². The Morgan fingerprint density at radius 3 is 2.56 bits per heavy atom. The van der Waals surface area contributed by atoms with Gasteiger partial charge in [-0.25, -0.2) is 9.97 Å². The van der Waals surface area contributed by atoms with E-state index in [9.17, 15) is 4.79 Å². The zero-order valence-corrected chi connectivity index (χ0v) is 15.3. The number of hydrogen-bond donors (Lipinski definition) is 0. The third kappa shape index (κ3) is 4.15. The van der Waals surface area contributed by atoms with Crippen LogP contribution in [0, 0.1) is 11.3 Å². The molecule has 0 aromatic carbocycles. The Balaban J connectivity index is 1.54. The molecular formula is C18H21N5OS. The maximum Gasteiger partial charge on any atom is 0.227 e. The van der Waals surface area contributed by atoms with Crippen LogP contribution in [0.2, 0.25) is 0 Å². The van der Waals surface area contributed by atoms with Crippen molar-refractivity contribution in [2.24, 2.45) is 0 Å². The summed E-state index contributed by atoms with van der Waals surface area (Å²) in [7, 11) is 0. The third-order valence-electron chi connectivity index (χ3n) is 4.29. The smallest absolute Gasteiger partial charge is 0.227 e. The zero-order chi connectivity index (χ0) is 17.8. The van der Waals surface area contributed by atoms with E-state index in [2.05, 4.69) is 40.8 Å². The highest BCUT2D eigenvalue weighted by Gasteiger charge is 2.22. The molecule has 1 amide bonds. The Morgan fingerprint density at radius 2 is 2.00 bits per heavy atom. The maximum absolute atomic E-state index is 12.5. The summed E-state index contributed by atoms with van der Waals surface area (Å²) in [6.07, 6.45) is 3.58. The van der Waals surface area contributed by atoms with Crippen molar-refractivity contribution >= 4 is 23.1 Å². The average molecular weight is 355 g/mol. The lowest BCUT2D eigenvalue weighted by molar-refractivity contribution is -0.130. The van der Waals surface area contributed by atoms with Crippen molar-refractivity contribution in [3.8, 4) is 6.07 Å². The third-order valence-corrected chi connectivity index (χ3v) is 5.67. The van der Waals surface area contributed by atoms with Crippen molar-refractivity contribution in [2.45, 2.75) is 26.2 Å². The molecule has 3 rings (SSSR count). The largest absolute Gasteiger partial charge is 0.352 e. The highest BCUT2D eigenvalue weighted by Crippen LogP contribution is 2.25. The van der Waals surface area contributed by atoms with Gasteiger partial charge in [0.05, 0.1) is 18.8 Å². The van der Waals surface area contributed by atoms with Crippen molar-refractivity contribution in [1.82, 2.24) is 14.9 Å². The number of amides is 1. The number of carbonyl (C=O) groups excluding carboxylic acids is 1. The second-order valence-electron chi connectivity index (χ2n) is 6.38. The fourth-order valence-corrected chi connectivity index (χ4v) is 3.79. The van der Waals surface area contributed by atoms with Crippen molar-refractivity contribution in [1.29, 1.82) is 5.26 Å². The summed E-state index contributed by atoms with van der Waals surface area (Å²) < 4.78 is 0. The van der Waals surface area contributed by atoms with Crippen LogP contribution >= 0.6 is 11.3 Å². The molecule has 6 nitrogen and oxygen atoms in total. The molecule has 1 aliphatic rings. The van der Waals surface area contributed by atoms with E-state index in [4.69, 9.17) is 5.26 Å². The average Bonchev–Trinajstić information content (AvgIpc) is 3.11. The number of carbonyl (C=O) groups is 1. The second-order valence-corrected chi connectivity index (χ2v) is 7.57. The zero-order valence-electron chi connectivity index (χ0n) is 14.5. The molecule has 25 heavy (non-hydrogen) atoms. The Morgan fingerprint density at radius 1 is 1.24 bits per heavy atom. The lowest BCUT2D eigenvalue weighted by Crippen LogP contribution is -2.49. The minimum absolute atomic E-state index is 0.183. The number of thiophene rings is 1. The first kappa shape index (κ1) is 17.4. The molecule has 1 fully saturated rings. The SMILES string of the molecule is CC(C)c1ccc(CC(=O)N2CCN(c3cnc(C#N)cn3)CC2)s1. The summed E-state index contributed by atoms with van der Waals surface area (Å²) in [5.41, 5.74) is 0.314. The van der Waals surface area contributed by atoms with Gasteiger partial charge in [0.2, 0.25) is 5.91 Å². The molecule has 1 aliphatic heterocycles. The minimum atomic E-state index is 0.183. The first-order valence-electron chi connectivity index (χ1n) is 8.40. The summed E-state index contributed by atoms with van der Waals surface area (Å²) >= 11 is 1.73. The monoisotopic (exact) mass is 355 g/mol. The van der Waals surface area contributed by atoms with E-state index < -0.39 is 0 Å². The van der Waals surface area contributed by atoms with Crippen molar-refractivity contribution in [2.75, 3.05) is 31.1 Å². The molecule has 2 aromatic heterocycles. The molecule has 1 saturated heterocycles. The molecule has 0 saturated carbocycles. The van der Waals surface area contributed by atoms with Crippen molar-refractivity contribution in [3.05, 3.63) is 40.0 Å². The molecule has 0 aliphatic carbocycles. The van der Waals surface area contributed by atoms with Gasteiger partial charge in [-0.2, -0.15) is 5.26 Å². The van der Waals surface area contributed by atoms with Crippen LogP contribution in [0.1, 0.15) is 35.2 Å². The van der Waals surface area contributed by atoms with Crippen LogP contribution in [0.5, 0.6) is 0 Å². The lowest BCUT2D eigenvalue weighted by Gasteiger charge is -2.35. The molecule has 0 unspecified atom stereocenters. The molecule has 2 aromatic rings. The van der Waals surface area contributed by atoms with Gasteiger partial charge in [-0.1, -0.05) is 13.8 Å². The molecule has 0 spiro atoms. The molecular weight excluding hydrogens is 334 g/mol. The van der Waals surface area contributed by atoms with Gasteiger partial charge in [-0.3, -0.25) is 4.79 Å². The fraction of sp³-hybridized carbons (Fsp3) is 0.444. The highest BCUT2D eigenvalue weighted by molar-refractivity contribution is 7.12. The van der Waals surface area contributed by atoms with Crippen LogP contribution in [0.4, 0.5) is 5.82 Å². The first-order chi connectivity index (χ1) is 12.1. The van der Waals surface area contributed by atoms with E-state index in [0.717, 1.165) is 23.8 Å². The molecule has 0 bridgehead atoms. The van der Waals surface area contributed by atoms with Crippen LogP contribution in [-0.4, -0.2) is 47.0 Å². The van der Waals surface area contributed by atoms with E-state index >= 15 is 0 Å².